The average Bonchev–Trinajstić information content (AvgIpc) is 3.06. The number of Topliss-reactive ketones (excluding diaryl/α,β-unsaturated/α-hetero) is 1. The Hall–Kier alpha value is -2.69. The van der Waals surface area contributed by atoms with Gasteiger partial charge >= 0.3 is 11.6 Å². The van der Waals surface area contributed by atoms with Crippen molar-refractivity contribution in [3.8, 4) is 0 Å². The van der Waals surface area contributed by atoms with Crippen LogP contribution in [0.5, 0.6) is 0 Å². The van der Waals surface area contributed by atoms with E-state index in [9.17, 15) is 14.4 Å². The Labute approximate surface area is 214 Å². The van der Waals surface area contributed by atoms with Crippen LogP contribution >= 0.6 is 0 Å². The number of ketones is 1. The zero-order valence-corrected chi connectivity index (χ0v) is 22.8. The van der Waals surface area contributed by atoms with Gasteiger partial charge in [-0.25, -0.2) is 4.79 Å². The maximum Gasteiger partial charge on any atom is 0.336 e. The normalized spacial score (nSPS) is 35.4. The Kier molecular flexibility index (Phi) is 6.83. The lowest BCUT2D eigenvalue weighted by molar-refractivity contribution is -0.185. The molecule has 3 fully saturated rings. The lowest BCUT2D eigenvalue weighted by Crippen LogP contribution is -2.58. The number of carbonyl (C=O) groups is 2. The van der Waals surface area contributed by atoms with Crippen molar-refractivity contribution in [1.82, 2.24) is 0 Å². The number of carbonyl (C=O) groups excluding carboxylic acids is 2. The molecule has 36 heavy (non-hydrogen) atoms. The van der Waals surface area contributed by atoms with Crippen LogP contribution < -0.4 is 5.63 Å². The van der Waals surface area contributed by atoms with Crippen LogP contribution in [-0.2, 0) is 14.3 Å². The molecule has 5 atom stereocenters. The molecule has 0 radical (unpaired) electrons. The van der Waals surface area contributed by atoms with Gasteiger partial charge in [0.2, 0.25) is 0 Å². The molecule has 0 aliphatic heterocycles. The van der Waals surface area contributed by atoms with Crippen molar-refractivity contribution in [2.75, 3.05) is 0 Å². The van der Waals surface area contributed by atoms with Gasteiger partial charge in [0.25, 0.3) is 0 Å². The number of ether oxygens (including phenoxy) is 1. The van der Waals surface area contributed by atoms with Gasteiger partial charge in [0, 0.05) is 35.8 Å². The first-order valence-corrected chi connectivity index (χ1v) is 13.2. The summed E-state index contributed by atoms with van der Waals surface area (Å²) in [6.07, 6.45) is 10.2. The summed E-state index contributed by atoms with van der Waals surface area (Å²) in [6.45, 7) is 14.6. The van der Waals surface area contributed by atoms with Gasteiger partial charge in [0.15, 0.2) is 5.78 Å². The molecule has 4 rings (SSSR count). The largest absolute Gasteiger partial charge is 0.462 e. The predicted molar refractivity (Wildman–Crippen MR) is 141 cm³/mol. The van der Waals surface area contributed by atoms with Crippen molar-refractivity contribution in [1.29, 1.82) is 0 Å². The Morgan fingerprint density at radius 2 is 1.75 bits per heavy atom. The van der Waals surface area contributed by atoms with Crippen molar-refractivity contribution < 1.29 is 18.7 Å². The first-order valence-electron chi connectivity index (χ1n) is 13.2. The van der Waals surface area contributed by atoms with Crippen LogP contribution in [0, 0.1) is 28.1 Å². The molecule has 0 saturated heterocycles. The average molecular weight is 493 g/mol. The highest BCUT2D eigenvalue weighted by atomic mass is 16.5. The number of allylic oxidation sites excluding steroid dienone is 6. The third kappa shape index (κ3) is 4.35. The summed E-state index contributed by atoms with van der Waals surface area (Å²) in [6, 6.07) is 4.85. The quantitative estimate of drug-likeness (QED) is 0.266. The molecule has 0 aromatic carbocycles. The summed E-state index contributed by atoms with van der Waals surface area (Å²) in [7, 11) is 0. The monoisotopic (exact) mass is 492 g/mol. The third-order valence-electron chi connectivity index (χ3n) is 9.70. The highest BCUT2D eigenvalue weighted by Gasteiger charge is 2.65. The van der Waals surface area contributed by atoms with Gasteiger partial charge in [-0.2, -0.15) is 0 Å². The first kappa shape index (κ1) is 26.4. The summed E-state index contributed by atoms with van der Waals surface area (Å²) in [5.74, 6) is 1.28. The predicted octanol–water partition coefficient (Wildman–Crippen LogP) is 6.68. The topological polar surface area (TPSA) is 73.6 Å². The molecule has 3 saturated carbocycles. The molecule has 5 nitrogen and oxygen atoms in total. The molecular formula is C31H40O5. The van der Waals surface area contributed by atoms with Gasteiger partial charge in [-0.05, 0) is 74.0 Å². The second kappa shape index (κ2) is 9.32. The minimum atomic E-state index is -0.368. The lowest BCUT2D eigenvalue weighted by atomic mass is 9.43. The molecule has 1 aromatic heterocycles. The zero-order chi connectivity index (χ0) is 26.5. The molecule has 1 aromatic rings. The number of rotatable bonds is 4. The molecule has 0 N–H and O–H groups in total. The Morgan fingerprint density at radius 1 is 1.03 bits per heavy atom. The molecule has 0 bridgehead atoms. The summed E-state index contributed by atoms with van der Waals surface area (Å²) in [4.78, 5) is 36.8. The SMILES string of the molecule is CC(=O)OC1CCC2(C)C3CC(=O)C(=C(C)C=CC=C(C)c4cccc(=O)o4)C3(C)CCC2C1(C)C. The fourth-order valence-electron chi connectivity index (χ4n) is 8.08. The fourth-order valence-corrected chi connectivity index (χ4v) is 8.08. The van der Waals surface area contributed by atoms with Crippen LogP contribution in [0.25, 0.3) is 5.57 Å². The molecular weight excluding hydrogens is 452 g/mol. The zero-order valence-electron chi connectivity index (χ0n) is 22.8. The molecule has 0 spiro atoms. The lowest BCUT2D eigenvalue weighted by Gasteiger charge is -2.62. The van der Waals surface area contributed by atoms with E-state index in [4.69, 9.17) is 9.15 Å². The van der Waals surface area contributed by atoms with Gasteiger partial charge < -0.3 is 9.15 Å². The van der Waals surface area contributed by atoms with E-state index in [1.165, 1.54) is 13.0 Å². The molecule has 3 aliphatic carbocycles. The van der Waals surface area contributed by atoms with Crippen LogP contribution in [0.15, 0.2) is 56.8 Å². The van der Waals surface area contributed by atoms with E-state index in [0.29, 0.717) is 18.1 Å². The molecule has 0 amide bonds. The van der Waals surface area contributed by atoms with Crippen molar-refractivity contribution in [3.63, 3.8) is 0 Å². The first-order chi connectivity index (χ1) is 16.8. The molecule has 3 aliphatic rings. The number of fused-ring (bicyclic) bond motifs is 3. The number of esters is 1. The van der Waals surface area contributed by atoms with E-state index in [2.05, 4.69) is 27.7 Å². The van der Waals surface area contributed by atoms with Gasteiger partial charge in [-0.3, -0.25) is 9.59 Å². The maximum atomic E-state index is 13.5. The Balaban J connectivity index is 1.62. The van der Waals surface area contributed by atoms with Crippen LogP contribution in [0.2, 0.25) is 0 Å². The van der Waals surface area contributed by atoms with Gasteiger partial charge in [-0.15, -0.1) is 0 Å². The Morgan fingerprint density at radius 3 is 2.42 bits per heavy atom. The van der Waals surface area contributed by atoms with Crippen LogP contribution in [0.4, 0.5) is 0 Å². The third-order valence-corrected chi connectivity index (χ3v) is 9.70. The highest BCUT2D eigenvalue weighted by Crippen LogP contribution is 2.69. The van der Waals surface area contributed by atoms with E-state index in [1.807, 2.05) is 32.1 Å². The maximum absolute atomic E-state index is 13.5. The standard InChI is InChI=1S/C31H40O5/c1-19(23-12-9-13-27(34)36-23)10-8-11-20(2)28-22(33)18-25-30(6)17-15-26(35-21(3)32)29(4,5)24(30)14-16-31(25,28)7/h8-13,24-26H,14-18H2,1-7H3. The molecule has 5 heteroatoms. The fraction of sp³-hybridized carbons (Fsp3) is 0.581. The molecule has 194 valence electrons. The van der Waals surface area contributed by atoms with Gasteiger partial charge in [-0.1, -0.05) is 52.0 Å². The second-order valence-electron chi connectivity index (χ2n) is 12.2. The van der Waals surface area contributed by atoms with E-state index in [0.717, 1.165) is 42.4 Å². The summed E-state index contributed by atoms with van der Waals surface area (Å²) in [5.41, 5.74) is 2.20. The van der Waals surface area contributed by atoms with Crippen molar-refractivity contribution in [3.05, 3.63) is 63.8 Å². The van der Waals surface area contributed by atoms with E-state index in [1.54, 1.807) is 12.1 Å². The van der Waals surface area contributed by atoms with Crippen molar-refractivity contribution in [2.45, 2.75) is 86.7 Å². The minimum Gasteiger partial charge on any atom is -0.462 e. The van der Waals surface area contributed by atoms with Crippen LogP contribution in [-0.4, -0.2) is 17.9 Å². The molecule has 5 unspecified atom stereocenters. The summed E-state index contributed by atoms with van der Waals surface area (Å²) < 4.78 is 11.0. The molecule has 1 heterocycles. The Bertz CT molecular complexity index is 1210. The number of hydrogen-bond acceptors (Lipinski definition) is 5. The van der Waals surface area contributed by atoms with E-state index in [-0.39, 0.29) is 45.6 Å². The smallest absolute Gasteiger partial charge is 0.336 e. The minimum absolute atomic E-state index is 0.0237. The van der Waals surface area contributed by atoms with Gasteiger partial charge in [0.05, 0.1) is 0 Å². The van der Waals surface area contributed by atoms with E-state index >= 15 is 0 Å². The summed E-state index contributed by atoms with van der Waals surface area (Å²) in [5, 5.41) is 0. The van der Waals surface area contributed by atoms with Crippen LogP contribution in [0.1, 0.15) is 86.3 Å². The summed E-state index contributed by atoms with van der Waals surface area (Å²) >= 11 is 0. The van der Waals surface area contributed by atoms with Crippen molar-refractivity contribution >= 4 is 17.3 Å². The van der Waals surface area contributed by atoms with Gasteiger partial charge in [0.1, 0.15) is 11.9 Å². The second-order valence-corrected chi connectivity index (χ2v) is 12.2. The van der Waals surface area contributed by atoms with Crippen LogP contribution in [0.3, 0.4) is 0 Å². The highest BCUT2D eigenvalue weighted by molar-refractivity contribution is 6.00. The number of hydrogen-bond donors (Lipinski definition) is 0. The van der Waals surface area contributed by atoms with E-state index < -0.39 is 0 Å². The van der Waals surface area contributed by atoms with Crippen molar-refractivity contribution in [2.24, 2.45) is 28.1 Å².